The fraction of sp³-hybridized carbons (Fsp3) is 0.250. The van der Waals surface area contributed by atoms with E-state index in [0.717, 1.165) is 15.6 Å². The highest BCUT2D eigenvalue weighted by molar-refractivity contribution is 7.11. The third-order valence-corrected chi connectivity index (χ3v) is 3.71. The van der Waals surface area contributed by atoms with Gasteiger partial charge < -0.3 is 0 Å². The van der Waals surface area contributed by atoms with Crippen molar-refractivity contribution in [2.45, 2.75) is 20.3 Å². The zero-order chi connectivity index (χ0) is 12.4. The molecular weight excluding hydrogens is 256 g/mol. The van der Waals surface area contributed by atoms with Crippen molar-refractivity contribution >= 4 is 28.7 Å². The van der Waals surface area contributed by atoms with Crippen molar-refractivity contribution in [2.75, 3.05) is 0 Å². The number of Topliss-reactive ketones (excluding diaryl/α,β-unsaturated/α-hetero) is 1. The number of ketones is 1. The number of aryl methyl sites for hydroxylation is 2. The summed E-state index contributed by atoms with van der Waals surface area (Å²) >= 11 is 7.31. The third kappa shape index (κ3) is 2.90. The number of carbonyl (C=O) groups excluding carboxylic acids is 1. The monoisotopic (exact) mass is 266 g/mol. The molecule has 0 aliphatic carbocycles. The first kappa shape index (κ1) is 12.2. The minimum absolute atomic E-state index is 0.0167. The van der Waals surface area contributed by atoms with E-state index in [-0.39, 0.29) is 5.78 Å². The molecule has 0 amide bonds. The van der Waals surface area contributed by atoms with E-state index in [0.29, 0.717) is 17.1 Å². The van der Waals surface area contributed by atoms with Gasteiger partial charge in [-0.1, -0.05) is 11.6 Å². The van der Waals surface area contributed by atoms with Gasteiger partial charge in [-0.3, -0.25) is 4.79 Å². The van der Waals surface area contributed by atoms with Crippen LogP contribution >= 0.6 is 22.9 Å². The highest BCUT2D eigenvalue weighted by Gasteiger charge is 2.11. The predicted octanol–water partition coefficient (Wildman–Crippen LogP) is 3.23. The molecule has 3 nitrogen and oxygen atoms in total. The molecule has 0 aliphatic rings. The predicted molar refractivity (Wildman–Crippen MR) is 68.9 cm³/mol. The maximum atomic E-state index is 12.0. The summed E-state index contributed by atoms with van der Waals surface area (Å²) in [6.45, 7) is 3.95. The van der Waals surface area contributed by atoms with Crippen LogP contribution < -0.4 is 0 Å². The van der Waals surface area contributed by atoms with Crippen molar-refractivity contribution in [3.8, 4) is 0 Å². The number of hydrogen-bond acceptors (Lipinski definition) is 4. The van der Waals surface area contributed by atoms with Gasteiger partial charge in [-0.05, 0) is 26.0 Å². The minimum Gasteiger partial charge on any atom is -0.294 e. The number of halogens is 1. The largest absolute Gasteiger partial charge is 0.294 e. The number of aromatic nitrogens is 2. The quantitative estimate of drug-likeness (QED) is 0.633. The van der Waals surface area contributed by atoms with Crippen LogP contribution in [0.2, 0.25) is 5.15 Å². The minimum atomic E-state index is 0.0167. The molecule has 88 valence electrons. The topological polar surface area (TPSA) is 42.9 Å². The van der Waals surface area contributed by atoms with Crippen molar-refractivity contribution in [2.24, 2.45) is 0 Å². The Morgan fingerprint density at radius 2 is 2.24 bits per heavy atom. The fourth-order valence-corrected chi connectivity index (χ4v) is 2.54. The van der Waals surface area contributed by atoms with E-state index in [4.69, 9.17) is 11.6 Å². The second-order valence-corrected chi connectivity index (χ2v) is 5.39. The Morgan fingerprint density at radius 3 is 2.82 bits per heavy atom. The normalized spacial score (nSPS) is 10.5. The molecule has 0 spiro atoms. The molecule has 0 bridgehead atoms. The molecule has 0 N–H and O–H groups in total. The van der Waals surface area contributed by atoms with Crippen LogP contribution in [-0.2, 0) is 6.42 Å². The van der Waals surface area contributed by atoms with Crippen LogP contribution in [0.15, 0.2) is 18.3 Å². The van der Waals surface area contributed by atoms with Gasteiger partial charge in [-0.25, -0.2) is 9.97 Å². The van der Waals surface area contributed by atoms with Crippen molar-refractivity contribution in [3.63, 3.8) is 0 Å². The van der Waals surface area contributed by atoms with Crippen LogP contribution in [0.25, 0.3) is 0 Å². The van der Waals surface area contributed by atoms with Gasteiger partial charge in [0.05, 0.1) is 12.1 Å². The van der Waals surface area contributed by atoms with Gasteiger partial charge in [0, 0.05) is 16.6 Å². The molecule has 0 radical (unpaired) electrons. The maximum absolute atomic E-state index is 12.0. The third-order valence-electron chi connectivity index (χ3n) is 2.43. The molecular formula is C12H11ClN2OS. The van der Waals surface area contributed by atoms with Gasteiger partial charge in [-0.2, -0.15) is 0 Å². The summed E-state index contributed by atoms with van der Waals surface area (Å²) in [5.74, 6) is 0.0167. The molecule has 17 heavy (non-hydrogen) atoms. The van der Waals surface area contributed by atoms with Gasteiger partial charge in [0.15, 0.2) is 5.78 Å². The van der Waals surface area contributed by atoms with Gasteiger partial charge in [0.1, 0.15) is 10.2 Å². The number of pyridine rings is 1. The molecule has 0 unspecified atom stereocenters. The molecule has 2 aromatic rings. The number of hydrogen-bond donors (Lipinski definition) is 0. The van der Waals surface area contributed by atoms with Crippen molar-refractivity contribution in [3.05, 3.63) is 44.6 Å². The lowest BCUT2D eigenvalue weighted by Crippen LogP contribution is -2.03. The summed E-state index contributed by atoms with van der Waals surface area (Å²) < 4.78 is 0. The van der Waals surface area contributed by atoms with Gasteiger partial charge in [-0.15, -0.1) is 11.3 Å². The van der Waals surface area contributed by atoms with Gasteiger partial charge in [0.25, 0.3) is 0 Å². The van der Waals surface area contributed by atoms with E-state index in [1.165, 1.54) is 6.20 Å². The fourth-order valence-electron chi connectivity index (χ4n) is 1.43. The highest BCUT2D eigenvalue weighted by atomic mass is 35.5. The van der Waals surface area contributed by atoms with Crippen LogP contribution in [-0.4, -0.2) is 15.8 Å². The Bertz CT molecular complexity index is 546. The second-order valence-electron chi connectivity index (χ2n) is 3.72. The lowest BCUT2D eigenvalue weighted by atomic mass is 10.1. The number of thiazole rings is 1. The van der Waals surface area contributed by atoms with Crippen LogP contribution in [0.4, 0.5) is 0 Å². The SMILES string of the molecule is Cc1nc(CC(=O)c2ccnc(Cl)c2)sc1C. The molecule has 0 fully saturated rings. The van der Waals surface area contributed by atoms with E-state index in [1.807, 2.05) is 13.8 Å². The Labute approximate surface area is 108 Å². The van der Waals surface area contributed by atoms with Crippen LogP contribution in [0.1, 0.15) is 25.9 Å². The Morgan fingerprint density at radius 1 is 1.47 bits per heavy atom. The number of carbonyl (C=O) groups is 1. The highest BCUT2D eigenvalue weighted by Crippen LogP contribution is 2.18. The number of nitrogens with zero attached hydrogens (tertiary/aromatic N) is 2. The van der Waals surface area contributed by atoms with Crippen LogP contribution in [0, 0.1) is 13.8 Å². The van der Waals surface area contributed by atoms with Crippen LogP contribution in [0.5, 0.6) is 0 Å². The first-order chi connectivity index (χ1) is 8.06. The summed E-state index contributed by atoms with van der Waals surface area (Å²) in [5.41, 5.74) is 1.57. The second kappa shape index (κ2) is 4.94. The average Bonchev–Trinajstić information content (AvgIpc) is 2.58. The van der Waals surface area contributed by atoms with Crippen molar-refractivity contribution in [1.82, 2.24) is 9.97 Å². The van der Waals surface area contributed by atoms with E-state index < -0.39 is 0 Å². The Balaban J connectivity index is 2.17. The zero-order valence-corrected chi connectivity index (χ0v) is 11.1. The van der Waals surface area contributed by atoms with E-state index in [1.54, 1.807) is 23.5 Å². The molecule has 2 heterocycles. The molecule has 0 saturated heterocycles. The van der Waals surface area contributed by atoms with Gasteiger partial charge >= 0.3 is 0 Å². The summed E-state index contributed by atoms with van der Waals surface area (Å²) in [5, 5.41) is 1.18. The Hall–Kier alpha value is -1.26. The summed E-state index contributed by atoms with van der Waals surface area (Å²) in [6.07, 6.45) is 1.85. The molecule has 2 aromatic heterocycles. The summed E-state index contributed by atoms with van der Waals surface area (Å²) in [7, 11) is 0. The average molecular weight is 267 g/mol. The summed E-state index contributed by atoms with van der Waals surface area (Å²) in [4.78, 5) is 21.3. The standard InChI is InChI=1S/C12H11ClN2OS/c1-7-8(2)17-12(15-7)6-10(16)9-3-4-14-11(13)5-9/h3-5H,6H2,1-2H3. The van der Waals surface area contributed by atoms with Gasteiger partial charge in [0.2, 0.25) is 0 Å². The lowest BCUT2D eigenvalue weighted by molar-refractivity contribution is 0.0993. The molecule has 2 rings (SSSR count). The first-order valence-corrected chi connectivity index (χ1v) is 6.33. The molecule has 0 aliphatic heterocycles. The molecule has 0 aromatic carbocycles. The summed E-state index contributed by atoms with van der Waals surface area (Å²) in [6, 6.07) is 3.25. The molecule has 5 heteroatoms. The Kier molecular flexibility index (Phi) is 3.54. The van der Waals surface area contributed by atoms with E-state index in [2.05, 4.69) is 9.97 Å². The van der Waals surface area contributed by atoms with E-state index >= 15 is 0 Å². The van der Waals surface area contributed by atoms with E-state index in [9.17, 15) is 4.79 Å². The molecule has 0 atom stereocenters. The molecule has 0 saturated carbocycles. The number of rotatable bonds is 3. The van der Waals surface area contributed by atoms with Crippen molar-refractivity contribution < 1.29 is 4.79 Å². The zero-order valence-electron chi connectivity index (χ0n) is 9.53. The maximum Gasteiger partial charge on any atom is 0.169 e. The first-order valence-electron chi connectivity index (χ1n) is 5.14. The smallest absolute Gasteiger partial charge is 0.169 e. The van der Waals surface area contributed by atoms with Crippen molar-refractivity contribution in [1.29, 1.82) is 0 Å². The lowest BCUT2D eigenvalue weighted by Gasteiger charge is -1.98. The van der Waals surface area contributed by atoms with Crippen LogP contribution in [0.3, 0.4) is 0 Å².